The van der Waals surface area contributed by atoms with Gasteiger partial charge in [-0.2, -0.15) is 0 Å². The zero-order chi connectivity index (χ0) is 18.3. The van der Waals surface area contributed by atoms with Gasteiger partial charge in [0.2, 0.25) is 5.91 Å². The number of allylic oxidation sites excluding steroid dienone is 2. The quantitative estimate of drug-likeness (QED) is 0.706. The number of hydrogen-bond donors (Lipinski definition) is 1. The number of carbonyl (C=O) groups excluding carboxylic acids is 1. The van der Waals surface area contributed by atoms with E-state index in [4.69, 9.17) is 4.74 Å². The first-order valence-corrected chi connectivity index (χ1v) is 10.2. The van der Waals surface area contributed by atoms with Crippen molar-refractivity contribution in [1.82, 2.24) is 30.4 Å². The molecule has 146 valence electrons. The number of aryl methyl sites for hydroxylation is 1. The second-order valence-corrected chi connectivity index (χ2v) is 8.51. The minimum Gasteiger partial charge on any atom is -0.379 e. The zero-order valence-corrected chi connectivity index (χ0v) is 15.7. The smallest absolute Gasteiger partial charge is 0.221 e. The SMILES string of the molecule is O=C(CCn1nnnc1CN1CCOCC1)NC[C@@H]1C[C@@H]2C=C[C@@H]1C21CC1. The standard InChI is InChI=1S/C19H28N6O2/c26-18(20-12-14-11-15-1-2-16(14)19(15)4-5-19)3-6-25-17(21-22-23-25)13-24-7-9-27-10-8-24/h1-2,14-16H,3-13H2,(H,20,26)/t14-,15-,16-/m0/s1. The summed E-state index contributed by atoms with van der Waals surface area (Å²) >= 11 is 0. The molecule has 27 heavy (non-hydrogen) atoms. The van der Waals surface area contributed by atoms with Crippen LogP contribution in [-0.4, -0.2) is 63.9 Å². The lowest BCUT2D eigenvalue weighted by molar-refractivity contribution is -0.121. The van der Waals surface area contributed by atoms with Gasteiger partial charge in [0.15, 0.2) is 5.82 Å². The lowest BCUT2D eigenvalue weighted by Gasteiger charge is -2.25. The lowest BCUT2D eigenvalue weighted by Crippen LogP contribution is -2.36. The molecule has 1 saturated heterocycles. The molecule has 2 saturated carbocycles. The van der Waals surface area contributed by atoms with Crippen LogP contribution in [0.5, 0.6) is 0 Å². The van der Waals surface area contributed by atoms with Crippen LogP contribution in [0.15, 0.2) is 12.2 Å². The molecule has 8 nitrogen and oxygen atoms in total. The van der Waals surface area contributed by atoms with Gasteiger partial charge in [-0.05, 0) is 52.9 Å². The number of ether oxygens (including phenoxy) is 1. The van der Waals surface area contributed by atoms with Crippen LogP contribution in [0, 0.1) is 23.2 Å². The van der Waals surface area contributed by atoms with Crippen LogP contribution < -0.4 is 5.32 Å². The summed E-state index contributed by atoms with van der Waals surface area (Å²) in [6, 6.07) is 0. The molecule has 1 amide bonds. The van der Waals surface area contributed by atoms with Crippen LogP contribution in [0.3, 0.4) is 0 Å². The Kier molecular flexibility index (Phi) is 4.47. The molecule has 0 unspecified atom stereocenters. The molecule has 5 rings (SSSR count). The van der Waals surface area contributed by atoms with Gasteiger partial charge in [0, 0.05) is 26.1 Å². The first-order chi connectivity index (χ1) is 13.2. The topological polar surface area (TPSA) is 85.2 Å². The van der Waals surface area contributed by atoms with E-state index in [-0.39, 0.29) is 5.91 Å². The summed E-state index contributed by atoms with van der Waals surface area (Å²) in [7, 11) is 0. The normalized spacial score (nSPS) is 30.9. The van der Waals surface area contributed by atoms with Crippen molar-refractivity contribution in [2.75, 3.05) is 32.8 Å². The lowest BCUT2D eigenvalue weighted by atomic mass is 9.89. The molecule has 1 N–H and O–H groups in total. The van der Waals surface area contributed by atoms with Gasteiger partial charge in [0.25, 0.3) is 0 Å². The van der Waals surface area contributed by atoms with Gasteiger partial charge in [-0.25, -0.2) is 4.68 Å². The van der Waals surface area contributed by atoms with Gasteiger partial charge in [-0.1, -0.05) is 12.2 Å². The molecule has 1 spiro atoms. The van der Waals surface area contributed by atoms with Crippen molar-refractivity contribution in [3.63, 3.8) is 0 Å². The highest BCUT2D eigenvalue weighted by atomic mass is 16.5. The van der Waals surface area contributed by atoms with E-state index in [0.29, 0.717) is 36.8 Å². The van der Waals surface area contributed by atoms with Gasteiger partial charge in [0.05, 0.1) is 26.3 Å². The van der Waals surface area contributed by atoms with Gasteiger partial charge in [-0.3, -0.25) is 9.69 Å². The highest BCUT2D eigenvalue weighted by molar-refractivity contribution is 5.75. The van der Waals surface area contributed by atoms with Gasteiger partial charge in [0.1, 0.15) is 0 Å². The summed E-state index contributed by atoms with van der Waals surface area (Å²) in [6.07, 6.45) is 9.26. The third-order valence-electron chi connectivity index (χ3n) is 7.03. The molecule has 3 fully saturated rings. The summed E-state index contributed by atoms with van der Waals surface area (Å²) in [4.78, 5) is 14.6. The number of morpholine rings is 1. The van der Waals surface area contributed by atoms with E-state index in [2.05, 4.69) is 37.9 Å². The van der Waals surface area contributed by atoms with E-state index >= 15 is 0 Å². The molecular weight excluding hydrogens is 344 g/mol. The van der Waals surface area contributed by atoms with Crippen molar-refractivity contribution in [3.8, 4) is 0 Å². The first kappa shape index (κ1) is 17.3. The molecule has 1 aliphatic heterocycles. The monoisotopic (exact) mass is 372 g/mol. The fourth-order valence-corrected chi connectivity index (χ4v) is 5.37. The maximum absolute atomic E-state index is 12.3. The van der Waals surface area contributed by atoms with Crippen LogP contribution in [0.1, 0.15) is 31.5 Å². The van der Waals surface area contributed by atoms with Crippen LogP contribution in [0.2, 0.25) is 0 Å². The Labute approximate surface area is 159 Å². The van der Waals surface area contributed by atoms with Gasteiger partial charge >= 0.3 is 0 Å². The molecule has 1 aromatic rings. The van der Waals surface area contributed by atoms with Crippen molar-refractivity contribution in [3.05, 3.63) is 18.0 Å². The minimum absolute atomic E-state index is 0.0967. The molecule has 2 heterocycles. The van der Waals surface area contributed by atoms with Crippen molar-refractivity contribution in [2.24, 2.45) is 23.2 Å². The number of carbonyl (C=O) groups is 1. The van der Waals surface area contributed by atoms with E-state index < -0.39 is 0 Å². The first-order valence-electron chi connectivity index (χ1n) is 10.2. The number of tetrazole rings is 1. The number of nitrogens with one attached hydrogen (secondary N) is 1. The molecule has 3 aliphatic carbocycles. The molecule has 0 radical (unpaired) electrons. The number of hydrogen-bond acceptors (Lipinski definition) is 6. The molecule has 1 aromatic heterocycles. The van der Waals surface area contributed by atoms with E-state index in [0.717, 1.165) is 44.6 Å². The van der Waals surface area contributed by atoms with E-state index in [1.807, 2.05) is 0 Å². The van der Waals surface area contributed by atoms with Gasteiger partial charge < -0.3 is 10.1 Å². The largest absolute Gasteiger partial charge is 0.379 e. The summed E-state index contributed by atoms with van der Waals surface area (Å²) < 4.78 is 7.13. The molecule has 8 heteroatoms. The van der Waals surface area contributed by atoms with Crippen LogP contribution in [0.25, 0.3) is 0 Å². The Hall–Kier alpha value is -1.80. The van der Waals surface area contributed by atoms with E-state index in [1.165, 1.54) is 19.3 Å². The zero-order valence-electron chi connectivity index (χ0n) is 15.7. The van der Waals surface area contributed by atoms with Crippen molar-refractivity contribution in [2.45, 2.75) is 38.8 Å². The fraction of sp³-hybridized carbons (Fsp3) is 0.789. The molecule has 4 aliphatic rings. The third kappa shape index (κ3) is 3.29. The molecule has 0 aromatic carbocycles. The Morgan fingerprint density at radius 1 is 1.30 bits per heavy atom. The molecule has 2 bridgehead atoms. The van der Waals surface area contributed by atoms with Crippen molar-refractivity contribution >= 4 is 5.91 Å². The maximum atomic E-state index is 12.3. The number of aromatic nitrogens is 4. The van der Waals surface area contributed by atoms with Gasteiger partial charge in [-0.15, -0.1) is 5.10 Å². The predicted molar refractivity (Wildman–Crippen MR) is 97.4 cm³/mol. The fourth-order valence-electron chi connectivity index (χ4n) is 5.37. The molecular formula is C19H28N6O2. The summed E-state index contributed by atoms with van der Waals surface area (Å²) in [5.41, 5.74) is 0.593. The van der Waals surface area contributed by atoms with Crippen LogP contribution in [-0.2, 0) is 22.6 Å². The van der Waals surface area contributed by atoms with Crippen LogP contribution >= 0.6 is 0 Å². The van der Waals surface area contributed by atoms with E-state index in [9.17, 15) is 4.79 Å². The maximum Gasteiger partial charge on any atom is 0.221 e. The Bertz CT molecular complexity index is 722. The molecule has 3 atom stereocenters. The highest BCUT2D eigenvalue weighted by Gasteiger charge is 2.62. The number of nitrogens with zero attached hydrogens (tertiary/aromatic N) is 5. The average Bonchev–Trinajstić information content (AvgIpc) is 3.15. The minimum atomic E-state index is 0.0967. The summed E-state index contributed by atoms with van der Waals surface area (Å²) in [6.45, 7) is 5.34. The highest BCUT2D eigenvalue weighted by Crippen LogP contribution is 2.69. The Morgan fingerprint density at radius 2 is 2.15 bits per heavy atom. The summed E-state index contributed by atoms with van der Waals surface area (Å²) in [5, 5.41) is 15.1. The third-order valence-corrected chi connectivity index (χ3v) is 7.03. The second kappa shape index (κ2) is 6.98. The van der Waals surface area contributed by atoms with E-state index in [1.54, 1.807) is 4.68 Å². The van der Waals surface area contributed by atoms with Crippen molar-refractivity contribution in [1.29, 1.82) is 0 Å². The average molecular weight is 372 g/mol. The predicted octanol–water partition coefficient (Wildman–Crippen LogP) is 0.614. The number of amides is 1. The van der Waals surface area contributed by atoms with Crippen molar-refractivity contribution < 1.29 is 9.53 Å². The Balaban J connectivity index is 1.08. The van der Waals surface area contributed by atoms with Crippen LogP contribution in [0.4, 0.5) is 0 Å². The second-order valence-electron chi connectivity index (χ2n) is 8.51. The number of rotatable bonds is 7. The summed E-state index contributed by atoms with van der Waals surface area (Å²) in [5.74, 6) is 3.00. The Morgan fingerprint density at radius 3 is 2.93 bits per heavy atom.